The quantitative estimate of drug-likeness (QED) is 0.155. The standard InChI is InChI=1S/C31H24O6/c1-34-20-36-28-11-5-10-25-27(16-14-22(17-32)30(25)28)37-29-12-6-9-24-26(15-13-23(18-33)31(24)29)35-19-21-7-3-2-4-8-21/h2-18H,19-20H2,1H3. The molecule has 0 aromatic heterocycles. The van der Waals surface area contributed by atoms with E-state index >= 15 is 0 Å². The Balaban J connectivity index is 1.59. The first kappa shape index (κ1) is 24.0. The highest BCUT2D eigenvalue weighted by atomic mass is 16.7. The van der Waals surface area contributed by atoms with Gasteiger partial charge in [-0.2, -0.15) is 0 Å². The minimum absolute atomic E-state index is 0.0419. The largest absolute Gasteiger partial charge is 0.488 e. The summed E-state index contributed by atoms with van der Waals surface area (Å²) in [6.07, 6.45) is 1.59. The molecule has 0 unspecified atom stereocenters. The van der Waals surface area contributed by atoms with Crippen molar-refractivity contribution < 1.29 is 28.5 Å². The number of carbonyl (C=O) groups excluding carboxylic acids is 2. The van der Waals surface area contributed by atoms with Crippen molar-refractivity contribution in [1.29, 1.82) is 0 Å². The zero-order chi connectivity index (χ0) is 25.6. The van der Waals surface area contributed by atoms with Crippen LogP contribution < -0.4 is 14.2 Å². The molecular weight excluding hydrogens is 468 g/mol. The fourth-order valence-electron chi connectivity index (χ4n) is 4.34. The molecule has 0 N–H and O–H groups in total. The number of methoxy groups -OCH3 is 1. The van der Waals surface area contributed by atoms with Gasteiger partial charge in [0.2, 0.25) is 0 Å². The number of benzene rings is 5. The number of carbonyl (C=O) groups is 2. The van der Waals surface area contributed by atoms with Gasteiger partial charge in [-0.05, 0) is 42.0 Å². The number of ether oxygens (including phenoxy) is 4. The van der Waals surface area contributed by atoms with Gasteiger partial charge in [-0.15, -0.1) is 0 Å². The number of fused-ring (bicyclic) bond motifs is 2. The van der Waals surface area contributed by atoms with Crippen LogP contribution in [0.3, 0.4) is 0 Å². The highest BCUT2D eigenvalue weighted by Gasteiger charge is 2.16. The zero-order valence-electron chi connectivity index (χ0n) is 20.2. The third-order valence-corrected chi connectivity index (χ3v) is 6.03. The summed E-state index contributed by atoms with van der Waals surface area (Å²) in [7, 11) is 1.53. The minimum Gasteiger partial charge on any atom is -0.488 e. The normalized spacial score (nSPS) is 10.8. The molecule has 0 bridgehead atoms. The van der Waals surface area contributed by atoms with Gasteiger partial charge in [0.25, 0.3) is 0 Å². The zero-order valence-corrected chi connectivity index (χ0v) is 20.2. The molecule has 6 nitrogen and oxygen atoms in total. The van der Waals surface area contributed by atoms with E-state index in [1.165, 1.54) is 7.11 Å². The molecule has 184 valence electrons. The van der Waals surface area contributed by atoms with Gasteiger partial charge < -0.3 is 18.9 Å². The minimum atomic E-state index is 0.0419. The van der Waals surface area contributed by atoms with Crippen LogP contribution in [0.1, 0.15) is 26.3 Å². The predicted octanol–water partition coefficient (Wildman–Crippen LogP) is 6.97. The first-order valence-corrected chi connectivity index (χ1v) is 11.7. The second-order valence-corrected chi connectivity index (χ2v) is 8.33. The average molecular weight is 493 g/mol. The molecule has 0 atom stereocenters. The predicted molar refractivity (Wildman–Crippen MR) is 142 cm³/mol. The lowest BCUT2D eigenvalue weighted by Crippen LogP contribution is -2.01. The highest BCUT2D eigenvalue weighted by Crippen LogP contribution is 2.41. The van der Waals surface area contributed by atoms with Crippen molar-refractivity contribution in [2.24, 2.45) is 0 Å². The molecule has 0 saturated carbocycles. The molecular formula is C31H24O6. The molecule has 0 fully saturated rings. The molecule has 0 aliphatic rings. The van der Waals surface area contributed by atoms with E-state index in [0.717, 1.165) is 23.5 Å². The van der Waals surface area contributed by atoms with E-state index in [4.69, 9.17) is 18.9 Å². The van der Waals surface area contributed by atoms with Crippen molar-refractivity contribution in [1.82, 2.24) is 0 Å². The van der Waals surface area contributed by atoms with Crippen molar-refractivity contribution in [3.63, 3.8) is 0 Å². The van der Waals surface area contributed by atoms with E-state index in [9.17, 15) is 9.59 Å². The Morgan fingerprint density at radius 1 is 0.595 bits per heavy atom. The lowest BCUT2D eigenvalue weighted by Gasteiger charge is -2.17. The number of hydrogen-bond donors (Lipinski definition) is 0. The van der Waals surface area contributed by atoms with Gasteiger partial charge in [0.15, 0.2) is 19.4 Å². The molecule has 0 saturated heterocycles. The number of rotatable bonds is 10. The third-order valence-electron chi connectivity index (χ3n) is 6.03. The second kappa shape index (κ2) is 10.9. The lowest BCUT2D eigenvalue weighted by atomic mass is 10.0. The van der Waals surface area contributed by atoms with Crippen LogP contribution in [-0.2, 0) is 11.3 Å². The van der Waals surface area contributed by atoms with E-state index < -0.39 is 0 Å². The van der Waals surface area contributed by atoms with Crippen LogP contribution in [0.15, 0.2) is 91.0 Å². The first-order valence-electron chi connectivity index (χ1n) is 11.7. The maximum absolute atomic E-state index is 12.0. The van der Waals surface area contributed by atoms with Gasteiger partial charge in [-0.1, -0.05) is 54.6 Å². The fraction of sp³-hybridized carbons (Fsp3) is 0.0968. The van der Waals surface area contributed by atoms with Crippen molar-refractivity contribution in [3.05, 3.63) is 108 Å². The smallest absolute Gasteiger partial charge is 0.188 e. The summed E-state index contributed by atoms with van der Waals surface area (Å²) in [5.41, 5.74) is 1.99. The highest BCUT2D eigenvalue weighted by molar-refractivity contribution is 6.06. The molecule has 37 heavy (non-hydrogen) atoms. The van der Waals surface area contributed by atoms with Crippen LogP contribution in [0, 0.1) is 0 Å². The Bertz CT molecular complexity index is 1580. The Morgan fingerprint density at radius 2 is 1.22 bits per heavy atom. The van der Waals surface area contributed by atoms with Gasteiger partial charge in [0, 0.05) is 39.8 Å². The lowest BCUT2D eigenvalue weighted by molar-refractivity contribution is 0.0522. The van der Waals surface area contributed by atoms with Gasteiger partial charge in [0.1, 0.15) is 29.6 Å². The fourth-order valence-corrected chi connectivity index (χ4v) is 4.34. The molecule has 0 aliphatic heterocycles. The summed E-state index contributed by atoms with van der Waals surface area (Å²) in [6, 6.07) is 27.8. The Hall–Kier alpha value is -4.68. The summed E-state index contributed by atoms with van der Waals surface area (Å²) in [5, 5.41) is 2.72. The molecule has 0 aliphatic carbocycles. The van der Waals surface area contributed by atoms with Crippen molar-refractivity contribution in [2.75, 3.05) is 13.9 Å². The van der Waals surface area contributed by atoms with Crippen LogP contribution in [0.2, 0.25) is 0 Å². The molecule has 5 aromatic rings. The summed E-state index contributed by atoms with van der Waals surface area (Å²) >= 11 is 0. The van der Waals surface area contributed by atoms with Gasteiger partial charge >= 0.3 is 0 Å². The van der Waals surface area contributed by atoms with Crippen LogP contribution in [0.25, 0.3) is 21.5 Å². The van der Waals surface area contributed by atoms with Gasteiger partial charge in [-0.3, -0.25) is 9.59 Å². The van der Waals surface area contributed by atoms with E-state index in [-0.39, 0.29) is 6.79 Å². The number of hydrogen-bond acceptors (Lipinski definition) is 6. The Kier molecular flexibility index (Phi) is 7.10. The molecule has 0 heterocycles. The molecule has 5 aromatic carbocycles. The SMILES string of the molecule is COCOc1cccc2c(Oc3cccc4c(OCc5ccccc5)ccc(C=O)c34)ccc(C=O)c12. The maximum Gasteiger partial charge on any atom is 0.188 e. The number of aldehydes is 2. The van der Waals surface area contributed by atoms with Crippen molar-refractivity contribution in [2.45, 2.75) is 6.61 Å². The summed E-state index contributed by atoms with van der Waals surface area (Å²) < 4.78 is 23.3. The maximum atomic E-state index is 12.0. The van der Waals surface area contributed by atoms with E-state index in [1.54, 1.807) is 36.4 Å². The van der Waals surface area contributed by atoms with Crippen molar-refractivity contribution in [3.8, 4) is 23.0 Å². The van der Waals surface area contributed by atoms with Gasteiger partial charge in [0.05, 0.1) is 0 Å². The van der Waals surface area contributed by atoms with E-state index in [0.29, 0.717) is 56.9 Å². The van der Waals surface area contributed by atoms with Gasteiger partial charge in [-0.25, -0.2) is 0 Å². The second-order valence-electron chi connectivity index (χ2n) is 8.33. The van der Waals surface area contributed by atoms with Crippen LogP contribution in [0.5, 0.6) is 23.0 Å². The van der Waals surface area contributed by atoms with Crippen LogP contribution >= 0.6 is 0 Å². The first-order chi connectivity index (χ1) is 18.2. The Labute approximate surface area is 214 Å². The topological polar surface area (TPSA) is 71.1 Å². The molecule has 5 rings (SSSR count). The molecule has 0 amide bonds. The molecule has 0 radical (unpaired) electrons. The molecule has 6 heteroatoms. The average Bonchev–Trinajstić information content (AvgIpc) is 2.95. The van der Waals surface area contributed by atoms with Crippen LogP contribution in [-0.4, -0.2) is 26.5 Å². The summed E-state index contributed by atoms with van der Waals surface area (Å²) in [5.74, 6) is 2.16. The van der Waals surface area contributed by atoms with E-state index in [1.807, 2.05) is 54.6 Å². The Morgan fingerprint density at radius 3 is 1.89 bits per heavy atom. The summed E-state index contributed by atoms with van der Waals surface area (Å²) in [4.78, 5) is 23.8. The summed E-state index contributed by atoms with van der Waals surface area (Å²) in [6.45, 7) is 0.434. The van der Waals surface area contributed by atoms with Crippen LogP contribution in [0.4, 0.5) is 0 Å². The van der Waals surface area contributed by atoms with E-state index in [2.05, 4.69) is 0 Å². The molecule has 0 spiro atoms. The van der Waals surface area contributed by atoms with Crippen molar-refractivity contribution >= 4 is 34.1 Å². The monoisotopic (exact) mass is 492 g/mol. The third kappa shape index (κ3) is 4.87.